The molecule has 0 atom stereocenters. The van der Waals surface area contributed by atoms with E-state index in [1.807, 2.05) is 6.92 Å². The van der Waals surface area contributed by atoms with Crippen LogP contribution in [0, 0.1) is 10.1 Å². The number of hydrogen-bond donors (Lipinski definition) is 1. The van der Waals surface area contributed by atoms with Crippen molar-refractivity contribution in [1.82, 2.24) is 9.88 Å². The Labute approximate surface area is 134 Å². The van der Waals surface area contributed by atoms with Gasteiger partial charge in [0.25, 0.3) is 5.69 Å². The van der Waals surface area contributed by atoms with E-state index >= 15 is 0 Å². The summed E-state index contributed by atoms with van der Waals surface area (Å²) in [6.07, 6.45) is 1.57. The number of non-ortho nitro benzene ring substituents is 1. The van der Waals surface area contributed by atoms with E-state index in [2.05, 4.69) is 9.88 Å². The quantitative estimate of drug-likeness (QED) is 0.623. The fourth-order valence-corrected chi connectivity index (χ4v) is 2.29. The monoisotopic (exact) mass is 319 g/mol. The Hall–Kier alpha value is -2.25. The predicted molar refractivity (Wildman–Crippen MR) is 85.8 cm³/mol. The molecule has 0 spiro atoms. The smallest absolute Gasteiger partial charge is 0.269 e. The second-order valence-corrected chi connectivity index (χ2v) is 6.06. The number of hydrogen-bond acceptors (Lipinski definition) is 6. The predicted octanol–water partition coefficient (Wildman–Crippen LogP) is 2.84. The van der Waals surface area contributed by atoms with E-state index < -0.39 is 10.5 Å². The lowest BCUT2D eigenvalue weighted by atomic mass is 10.1. The molecule has 0 unspecified atom stereocenters. The van der Waals surface area contributed by atoms with Gasteiger partial charge in [-0.15, -0.1) is 0 Å². The second-order valence-electron chi connectivity index (χ2n) is 6.06. The Bertz CT molecular complexity index is 659. The molecule has 7 heteroatoms. The SMILES string of the molecule is CCN(Cc1coc(-c2ccc([N+](=O)[O-])cc2)n1)CC(C)(C)O. The Morgan fingerprint density at radius 3 is 2.52 bits per heavy atom. The van der Waals surface area contributed by atoms with Gasteiger partial charge in [-0.25, -0.2) is 4.98 Å². The van der Waals surface area contributed by atoms with Gasteiger partial charge in [-0.2, -0.15) is 0 Å². The van der Waals surface area contributed by atoms with E-state index in [0.717, 1.165) is 12.2 Å². The van der Waals surface area contributed by atoms with Crippen molar-refractivity contribution in [1.29, 1.82) is 0 Å². The van der Waals surface area contributed by atoms with Crippen LogP contribution in [0.3, 0.4) is 0 Å². The number of likely N-dealkylation sites (N-methyl/N-ethyl adjacent to an activating group) is 1. The molecule has 0 fully saturated rings. The first-order valence-electron chi connectivity index (χ1n) is 7.42. The van der Waals surface area contributed by atoms with Gasteiger partial charge in [0, 0.05) is 30.8 Å². The molecule has 1 aromatic carbocycles. The lowest BCUT2D eigenvalue weighted by Crippen LogP contribution is -2.38. The van der Waals surface area contributed by atoms with E-state index in [4.69, 9.17) is 4.42 Å². The Kier molecular flexibility index (Phi) is 5.12. The zero-order valence-corrected chi connectivity index (χ0v) is 13.5. The number of rotatable bonds is 7. The molecule has 0 saturated heterocycles. The summed E-state index contributed by atoms with van der Waals surface area (Å²) >= 11 is 0. The average Bonchev–Trinajstić information content (AvgIpc) is 2.93. The first-order chi connectivity index (χ1) is 10.8. The molecule has 23 heavy (non-hydrogen) atoms. The number of nitrogens with zero attached hydrogens (tertiary/aromatic N) is 3. The van der Waals surface area contributed by atoms with Crippen LogP contribution >= 0.6 is 0 Å². The summed E-state index contributed by atoms with van der Waals surface area (Å²) in [4.78, 5) is 16.7. The zero-order valence-electron chi connectivity index (χ0n) is 13.5. The van der Waals surface area contributed by atoms with Crippen molar-refractivity contribution in [2.45, 2.75) is 32.9 Å². The minimum absolute atomic E-state index is 0.0304. The van der Waals surface area contributed by atoms with E-state index in [-0.39, 0.29) is 5.69 Å². The standard InChI is InChI=1S/C16H21N3O4/c1-4-18(11-16(2,3)20)9-13-10-23-15(17-13)12-5-7-14(8-6-12)19(21)22/h5-8,10,20H,4,9,11H2,1-3H3. The maximum Gasteiger partial charge on any atom is 0.269 e. The maximum atomic E-state index is 10.7. The second kappa shape index (κ2) is 6.89. The molecule has 7 nitrogen and oxygen atoms in total. The minimum Gasteiger partial charge on any atom is -0.444 e. The molecule has 0 aliphatic carbocycles. The molecular weight excluding hydrogens is 298 g/mol. The van der Waals surface area contributed by atoms with Crippen LogP contribution < -0.4 is 0 Å². The topological polar surface area (TPSA) is 92.6 Å². The largest absolute Gasteiger partial charge is 0.444 e. The summed E-state index contributed by atoms with van der Waals surface area (Å²) in [5.41, 5.74) is 0.695. The van der Waals surface area contributed by atoms with Crippen LogP contribution in [0.2, 0.25) is 0 Å². The van der Waals surface area contributed by atoms with Gasteiger partial charge in [-0.1, -0.05) is 6.92 Å². The van der Waals surface area contributed by atoms with Crippen molar-refractivity contribution in [2.75, 3.05) is 13.1 Å². The van der Waals surface area contributed by atoms with Crippen molar-refractivity contribution in [2.24, 2.45) is 0 Å². The Morgan fingerprint density at radius 2 is 2.00 bits per heavy atom. The van der Waals surface area contributed by atoms with Crippen molar-refractivity contribution in [3.8, 4) is 11.5 Å². The normalized spacial score (nSPS) is 11.9. The van der Waals surface area contributed by atoms with Crippen LogP contribution in [-0.4, -0.2) is 38.6 Å². The first-order valence-corrected chi connectivity index (χ1v) is 7.42. The molecule has 2 rings (SSSR count). The van der Waals surface area contributed by atoms with E-state index in [1.165, 1.54) is 12.1 Å². The molecular formula is C16H21N3O4. The van der Waals surface area contributed by atoms with Crippen LogP contribution in [0.1, 0.15) is 26.5 Å². The van der Waals surface area contributed by atoms with Gasteiger partial charge in [-0.05, 0) is 32.5 Å². The maximum absolute atomic E-state index is 10.7. The van der Waals surface area contributed by atoms with Crippen molar-refractivity contribution in [3.05, 3.63) is 46.3 Å². The van der Waals surface area contributed by atoms with Crippen LogP contribution in [0.15, 0.2) is 34.9 Å². The first kappa shape index (κ1) is 17.1. The third-order valence-corrected chi connectivity index (χ3v) is 3.32. The van der Waals surface area contributed by atoms with Crippen LogP contribution in [-0.2, 0) is 6.54 Å². The molecule has 1 heterocycles. The van der Waals surface area contributed by atoms with Gasteiger partial charge in [0.05, 0.1) is 16.2 Å². The summed E-state index contributed by atoms with van der Waals surface area (Å²) < 4.78 is 5.46. The molecule has 1 N–H and O–H groups in total. The van der Waals surface area contributed by atoms with Crippen LogP contribution in [0.25, 0.3) is 11.5 Å². The van der Waals surface area contributed by atoms with E-state index in [0.29, 0.717) is 24.5 Å². The molecule has 124 valence electrons. The number of oxazole rings is 1. The van der Waals surface area contributed by atoms with Crippen LogP contribution in [0.5, 0.6) is 0 Å². The Balaban J connectivity index is 2.09. The van der Waals surface area contributed by atoms with E-state index in [1.54, 1.807) is 32.2 Å². The average molecular weight is 319 g/mol. The molecule has 0 radical (unpaired) electrons. The molecule has 0 amide bonds. The van der Waals surface area contributed by atoms with Crippen LogP contribution in [0.4, 0.5) is 5.69 Å². The fraction of sp³-hybridized carbons (Fsp3) is 0.438. The number of nitro benzene ring substituents is 1. The summed E-state index contributed by atoms with van der Waals surface area (Å²) in [5.74, 6) is 0.425. The van der Waals surface area contributed by atoms with Crippen molar-refractivity contribution in [3.63, 3.8) is 0 Å². The minimum atomic E-state index is -0.777. The third kappa shape index (κ3) is 4.87. The highest BCUT2D eigenvalue weighted by atomic mass is 16.6. The molecule has 0 saturated carbocycles. The fourth-order valence-electron chi connectivity index (χ4n) is 2.29. The summed E-state index contributed by atoms with van der Waals surface area (Å²) in [6, 6.07) is 6.07. The molecule has 0 bridgehead atoms. The molecule has 0 aliphatic heterocycles. The number of aliphatic hydroxyl groups is 1. The van der Waals surface area contributed by atoms with Gasteiger partial charge >= 0.3 is 0 Å². The highest BCUT2D eigenvalue weighted by Crippen LogP contribution is 2.22. The lowest BCUT2D eigenvalue weighted by molar-refractivity contribution is -0.384. The highest BCUT2D eigenvalue weighted by molar-refractivity contribution is 5.55. The van der Waals surface area contributed by atoms with E-state index in [9.17, 15) is 15.2 Å². The van der Waals surface area contributed by atoms with Gasteiger partial charge in [0.2, 0.25) is 5.89 Å². The zero-order chi connectivity index (χ0) is 17.0. The molecule has 2 aromatic rings. The van der Waals surface area contributed by atoms with Crippen molar-refractivity contribution < 1.29 is 14.4 Å². The summed E-state index contributed by atoms with van der Waals surface area (Å²) in [5, 5.41) is 20.6. The molecule has 0 aliphatic rings. The third-order valence-electron chi connectivity index (χ3n) is 3.32. The number of nitro groups is 1. The molecule has 1 aromatic heterocycles. The van der Waals surface area contributed by atoms with Gasteiger partial charge < -0.3 is 9.52 Å². The Morgan fingerprint density at radius 1 is 1.35 bits per heavy atom. The van der Waals surface area contributed by atoms with Crippen molar-refractivity contribution >= 4 is 5.69 Å². The summed E-state index contributed by atoms with van der Waals surface area (Å²) in [6.45, 7) is 7.43. The highest BCUT2D eigenvalue weighted by Gasteiger charge is 2.18. The summed E-state index contributed by atoms with van der Waals surface area (Å²) in [7, 11) is 0. The number of benzene rings is 1. The van der Waals surface area contributed by atoms with Gasteiger partial charge in [-0.3, -0.25) is 15.0 Å². The van der Waals surface area contributed by atoms with Gasteiger partial charge in [0.1, 0.15) is 6.26 Å². The number of aromatic nitrogens is 1. The van der Waals surface area contributed by atoms with Gasteiger partial charge in [0.15, 0.2) is 0 Å². The lowest BCUT2D eigenvalue weighted by Gasteiger charge is -2.27.